The summed E-state index contributed by atoms with van der Waals surface area (Å²) in [5.41, 5.74) is 6.29. The Kier molecular flexibility index (Phi) is 6.83. The molecule has 0 radical (unpaired) electrons. The van der Waals surface area contributed by atoms with Crippen molar-refractivity contribution in [1.29, 1.82) is 0 Å². The van der Waals surface area contributed by atoms with Crippen LogP contribution in [0.25, 0.3) is 0 Å². The molecule has 5 nitrogen and oxygen atoms in total. The molecular formula is C12H20ClNO4. The van der Waals surface area contributed by atoms with Crippen molar-refractivity contribution in [2.24, 2.45) is 5.73 Å². The predicted octanol–water partition coefficient (Wildman–Crippen LogP) is 1.51. The fourth-order valence-electron chi connectivity index (χ4n) is 1.58. The molecule has 1 aromatic rings. The standard InChI is InChI=1S/C12H19NO4.ClH/c1-7(13)11(14)8-5-9(15-2)12(17-4)10(6-8)16-3;/h5-7,11,14H,13H2,1-4H3;1H. The molecule has 3 N–H and O–H groups in total. The lowest BCUT2D eigenvalue weighted by atomic mass is 10.0. The molecule has 0 aliphatic carbocycles. The first-order chi connectivity index (χ1) is 8.04. The zero-order valence-corrected chi connectivity index (χ0v) is 11.8. The largest absolute Gasteiger partial charge is 0.493 e. The molecule has 0 heterocycles. The van der Waals surface area contributed by atoms with Crippen LogP contribution in [0.1, 0.15) is 18.6 Å². The van der Waals surface area contributed by atoms with E-state index >= 15 is 0 Å². The summed E-state index contributed by atoms with van der Waals surface area (Å²) >= 11 is 0. The summed E-state index contributed by atoms with van der Waals surface area (Å²) in [5, 5.41) is 9.92. The summed E-state index contributed by atoms with van der Waals surface area (Å²) in [5.74, 6) is 1.50. The molecule has 0 saturated heterocycles. The van der Waals surface area contributed by atoms with Crippen molar-refractivity contribution in [2.45, 2.75) is 19.1 Å². The van der Waals surface area contributed by atoms with Crippen molar-refractivity contribution < 1.29 is 19.3 Å². The second-order valence-corrected chi connectivity index (χ2v) is 3.76. The van der Waals surface area contributed by atoms with Gasteiger partial charge in [0.25, 0.3) is 0 Å². The summed E-state index contributed by atoms with van der Waals surface area (Å²) in [4.78, 5) is 0. The Morgan fingerprint density at radius 1 is 1.06 bits per heavy atom. The highest BCUT2D eigenvalue weighted by Crippen LogP contribution is 2.39. The Morgan fingerprint density at radius 2 is 1.50 bits per heavy atom. The maximum atomic E-state index is 9.92. The van der Waals surface area contributed by atoms with Crippen molar-refractivity contribution in [3.63, 3.8) is 0 Å². The van der Waals surface area contributed by atoms with Gasteiger partial charge in [-0.3, -0.25) is 0 Å². The van der Waals surface area contributed by atoms with Gasteiger partial charge in [0.15, 0.2) is 11.5 Å². The van der Waals surface area contributed by atoms with Crippen molar-refractivity contribution in [2.75, 3.05) is 21.3 Å². The first-order valence-electron chi connectivity index (χ1n) is 5.28. The highest BCUT2D eigenvalue weighted by Gasteiger charge is 2.19. The van der Waals surface area contributed by atoms with Crippen LogP contribution in [0.3, 0.4) is 0 Å². The predicted molar refractivity (Wildman–Crippen MR) is 72.0 cm³/mol. The van der Waals surface area contributed by atoms with E-state index in [1.54, 1.807) is 19.1 Å². The topological polar surface area (TPSA) is 73.9 Å². The molecule has 0 aromatic heterocycles. The van der Waals surface area contributed by atoms with Gasteiger partial charge in [-0.05, 0) is 24.6 Å². The van der Waals surface area contributed by atoms with E-state index in [1.165, 1.54) is 21.3 Å². The van der Waals surface area contributed by atoms with Gasteiger partial charge in [-0.2, -0.15) is 0 Å². The lowest BCUT2D eigenvalue weighted by molar-refractivity contribution is 0.152. The number of rotatable bonds is 5. The van der Waals surface area contributed by atoms with Gasteiger partial charge in [-0.1, -0.05) is 0 Å². The second-order valence-electron chi connectivity index (χ2n) is 3.76. The number of nitrogens with two attached hydrogens (primary N) is 1. The average molecular weight is 278 g/mol. The van der Waals surface area contributed by atoms with Crippen LogP contribution in [0.15, 0.2) is 12.1 Å². The fraction of sp³-hybridized carbons (Fsp3) is 0.500. The summed E-state index contributed by atoms with van der Waals surface area (Å²) in [6.45, 7) is 1.73. The number of ether oxygens (including phenoxy) is 3. The van der Waals surface area contributed by atoms with Crippen molar-refractivity contribution in [3.05, 3.63) is 17.7 Å². The minimum absolute atomic E-state index is 0. The van der Waals surface area contributed by atoms with Crippen LogP contribution in [0, 0.1) is 0 Å². The number of aliphatic hydroxyl groups is 1. The Morgan fingerprint density at radius 3 is 1.78 bits per heavy atom. The Bertz CT molecular complexity index is 359. The van der Waals surface area contributed by atoms with Crippen molar-refractivity contribution >= 4 is 12.4 Å². The van der Waals surface area contributed by atoms with E-state index in [4.69, 9.17) is 19.9 Å². The fourth-order valence-corrected chi connectivity index (χ4v) is 1.58. The zero-order valence-electron chi connectivity index (χ0n) is 11.0. The van der Waals surface area contributed by atoms with Gasteiger partial charge in [-0.15, -0.1) is 12.4 Å². The summed E-state index contributed by atoms with van der Waals surface area (Å²) in [6, 6.07) is 3.00. The molecule has 18 heavy (non-hydrogen) atoms. The van der Waals surface area contributed by atoms with E-state index in [2.05, 4.69) is 0 Å². The van der Waals surface area contributed by atoms with Crippen LogP contribution in [0.4, 0.5) is 0 Å². The van der Waals surface area contributed by atoms with Crippen LogP contribution in [-0.2, 0) is 0 Å². The number of hydrogen-bond acceptors (Lipinski definition) is 5. The van der Waals surface area contributed by atoms with Crippen molar-refractivity contribution in [1.82, 2.24) is 0 Å². The smallest absolute Gasteiger partial charge is 0.203 e. The molecule has 6 heteroatoms. The number of halogens is 1. The molecule has 1 rings (SSSR count). The molecule has 2 atom stereocenters. The van der Waals surface area contributed by atoms with E-state index in [-0.39, 0.29) is 18.4 Å². The van der Waals surface area contributed by atoms with Gasteiger partial charge in [-0.25, -0.2) is 0 Å². The van der Waals surface area contributed by atoms with Crippen LogP contribution in [0.2, 0.25) is 0 Å². The van der Waals surface area contributed by atoms with E-state index in [0.29, 0.717) is 22.8 Å². The highest BCUT2D eigenvalue weighted by atomic mass is 35.5. The van der Waals surface area contributed by atoms with E-state index in [0.717, 1.165) is 0 Å². The zero-order chi connectivity index (χ0) is 13.0. The summed E-state index contributed by atoms with van der Waals surface area (Å²) in [7, 11) is 4.58. The number of benzene rings is 1. The van der Waals surface area contributed by atoms with Gasteiger partial charge < -0.3 is 25.1 Å². The molecule has 2 unspecified atom stereocenters. The third-order valence-electron chi connectivity index (χ3n) is 2.53. The molecule has 0 bridgehead atoms. The van der Waals surface area contributed by atoms with Crippen molar-refractivity contribution in [3.8, 4) is 17.2 Å². The summed E-state index contributed by atoms with van der Waals surface area (Å²) in [6.07, 6.45) is -0.774. The number of aliphatic hydroxyl groups excluding tert-OH is 1. The van der Waals surface area contributed by atoms with Gasteiger partial charge in [0.2, 0.25) is 5.75 Å². The Hall–Kier alpha value is -1.17. The Balaban J connectivity index is 0.00000289. The molecule has 0 saturated carbocycles. The van der Waals surface area contributed by atoms with Crippen LogP contribution >= 0.6 is 12.4 Å². The van der Waals surface area contributed by atoms with Gasteiger partial charge >= 0.3 is 0 Å². The minimum atomic E-state index is -0.774. The Labute approximate surface area is 113 Å². The van der Waals surface area contributed by atoms with Crippen LogP contribution in [0.5, 0.6) is 17.2 Å². The molecular weight excluding hydrogens is 258 g/mol. The van der Waals surface area contributed by atoms with E-state index < -0.39 is 6.10 Å². The number of hydrogen-bond donors (Lipinski definition) is 2. The summed E-state index contributed by atoms with van der Waals surface area (Å²) < 4.78 is 15.6. The first-order valence-corrected chi connectivity index (χ1v) is 5.28. The molecule has 104 valence electrons. The maximum Gasteiger partial charge on any atom is 0.203 e. The highest BCUT2D eigenvalue weighted by molar-refractivity contribution is 5.85. The lowest BCUT2D eigenvalue weighted by Crippen LogP contribution is -2.24. The van der Waals surface area contributed by atoms with Crippen LogP contribution in [-0.4, -0.2) is 32.5 Å². The normalized spacial score (nSPS) is 13.2. The lowest BCUT2D eigenvalue weighted by Gasteiger charge is -2.19. The third-order valence-corrected chi connectivity index (χ3v) is 2.53. The molecule has 0 aliphatic rings. The monoisotopic (exact) mass is 277 g/mol. The van der Waals surface area contributed by atoms with Gasteiger partial charge in [0.1, 0.15) is 0 Å². The second kappa shape index (κ2) is 7.31. The third kappa shape index (κ3) is 3.41. The molecule has 0 amide bonds. The SMILES string of the molecule is COc1cc(C(O)C(C)N)cc(OC)c1OC.Cl. The minimum Gasteiger partial charge on any atom is -0.493 e. The van der Waals surface area contributed by atoms with E-state index in [9.17, 15) is 5.11 Å². The molecule has 0 spiro atoms. The first kappa shape index (κ1) is 16.8. The number of methoxy groups -OCH3 is 3. The van der Waals surface area contributed by atoms with E-state index in [1.807, 2.05) is 0 Å². The molecule has 1 aromatic carbocycles. The molecule has 0 fully saturated rings. The average Bonchev–Trinajstić information content (AvgIpc) is 2.35. The van der Waals surface area contributed by atoms with Crippen LogP contribution < -0.4 is 19.9 Å². The van der Waals surface area contributed by atoms with Gasteiger partial charge in [0, 0.05) is 6.04 Å². The quantitative estimate of drug-likeness (QED) is 0.853. The van der Waals surface area contributed by atoms with Gasteiger partial charge in [0.05, 0.1) is 27.4 Å². The maximum absolute atomic E-state index is 9.92. The molecule has 0 aliphatic heterocycles.